The molecule has 0 aliphatic heterocycles. The lowest BCUT2D eigenvalue weighted by molar-refractivity contribution is 0.484. The molecule has 38 heavy (non-hydrogen) atoms. The first kappa shape index (κ1) is 21.1. The van der Waals surface area contributed by atoms with Crippen LogP contribution in [0.3, 0.4) is 0 Å². The second kappa shape index (κ2) is 7.52. The summed E-state index contributed by atoms with van der Waals surface area (Å²) < 4.78 is 10.8. The molecule has 0 amide bonds. The largest absolute Gasteiger partial charge is 0.457 e. The van der Waals surface area contributed by atoms with Gasteiger partial charge in [-0.25, -0.2) is 9.97 Å². The van der Waals surface area contributed by atoms with Gasteiger partial charge in [0.25, 0.3) is 0 Å². The van der Waals surface area contributed by atoms with E-state index in [1.165, 1.54) is 5.39 Å². The standard InChI is InChI=1S/C32H23N5O/c1-18-17-36-28-8-5-4-7-24(28)23-12-10-21(15-26(23)31(36)34-18)38-22-11-13-25-27(16-22)32-35-19(2)20(3)37(32)29-9-6-14-33-30(25)29/h4-17H,1-3H3. The predicted octanol–water partition coefficient (Wildman–Crippen LogP) is 7.71. The van der Waals surface area contributed by atoms with Gasteiger partial charge >= 0.3 is 0 Å². The van der Waals surface area contributed by atoms with E-state index in [2.05, 4.69) is 76.5 Å². The maximum absolute atomic E-state index is 6.47. The fraction of sp³-hybridized carbons (Fsp3) is 0.0938. The number of nitrogens with zero attached hydrogens (tertiary/aromatic N) is 5. The first-order valence-electron chi connectivity index (χ1n) is 12.7. The molecule has 8 rings (SSSR count). The summed E-state index contributed by atoms with van der Waals surface area (Å²) in [7, 11) is 0. The molecule has 0 saturated carbocycles. The number of hydrogen-bond acceptors (Lipinski definition) is 4. The third-order valence-electron chi connectivity index (χ3n) is 7.61. The molecule has 5 heterocycles. The molecule has 0 radical (unpaired) electrons. The molecule has 0 aliphatic carbocycles. The van der Waals surface area contributed by atoms with Crippen molar-refractivity contribution in [1.29, 1.82) is 0 Å². The quantitative estimate of drug-likeness (QED) is 0.232. The van der Waals surface area contributed by atoms with Crippen LogP contribution in [-0.4, -0.2) is 23.8 Å². The molecule has 0 saturated heterocycles. The Bertz CT molecular complexity index is 2260. The molecular weight excluding hydrogens is 470 g/mol. The van der Waals surface area contributed by atoms with Crippen molar-refractivity contribution in [3.8, 4) is 11.5 Å². The zero-order valence-electron chi connectivity index (χ0n) is 21.2. The SMILES string of the molecule is Cc1cn2c3ccccc3c3ccc(Oc4ccc5c(c4)c4nc(C)c(C)n4c4cccnc54)cc3c2n1. The van der Waals surface area contributed by atoms with Crippen molar-refractivity contribution in [3.05, 3.63) is 102 Å². The van der Waals surface area contributed by atoms with Gasteiger partial charge in [-0.1, -0.05) is 18.2 Å². The fourth-order valence-electron chi connectivity index (χ4n) is 5.77. The van der Waals surface area contributed by atoms with Crippen LogP contribution in [0.15, 0.2) is 85.2 Å². The lowest BCUT2D eigenvalue weighted by atomic mass is 10.1. The summed E-state index contributed by atoms with van der Waals surface area (Å²) in [6.45, 7) is 6.18. The van der Waals surface area contributed by atoms with Gasteiger partial charge in [-0.3, -0.25) is 13.8 Å². The van der Waals surface area contributed by atoms with E-state index >= 15 is 0 Å². The average Bonchev–Trinajstić information content (AvgIpc) is 3.48. The topological polar surface area (TPSA) is 56.7 Å². The van der Waals surface area contributed by atoms with Crippen molar-refractivity contribution in [2.45, 2.75) is 20.8 Å². The number of rotatable bonds is 2. The number of aryl methyl sites for hydroxylation is 3. The summed E-state index contributed by atoms with van der Waals surface area (Å²) in [6, 6.07) is 25.0. The molecule has 6 heteroatoms. The first-order chi connectivity index (χ1) is 18.6. The summed E-state index contributed by atoms with van der Waals surface area (Å²) in [6.07, 6.45) is 3.93. The number of ether oxygens (including phenoxy) is 1. The highest BCUT2D eigenvalue weighted by Crippen LogP contribution is 2.36. The molecule has 6 nitrogen and oxygen atoms in total. The fourth-order valence-corrected chi connectivity index (χ4v) is 5.77. The van der Waals surface area contributed by atoms with Gasteiger partial charge in [-0.15, -0.1) is 0 Å². The molecule has 0 unspecified atom stereocenters. The Hall–Kier alpha value is -4.97. The third-order valence-corrected chi connectivity index (χ3v) is 7.61. The van der Waals surface area contributed by atoms with Crippen LogP contribution >= 0.6 is 0 Å². The van der Waals surface area contributed by atoms with Gasteiger partial charge in [-0.2, -0.15) is 0 Å². The summed E-state index contributed by atoms with van der Waals surface area (Å²) in [5, 5.41) is 5.49. The van der Waals surface area contributed by atoms with E-state index in [1.54, 1.807) is 0 Å². The van der Waals surface area contributed by atoms with Gasteiger partial charge in [0.1, 0.15) is 22.8 Å². The molecule has 0 atom stereocenters. The molecule has 0 bridgehead atoms. The molecule has 3 aromatic carbocycles. The monoisotopic (exact) mass is 493 g/mol. The Labute approximate surface area is 217 Å². The van der Waals surface area contributed by atoms with Crippen LogP contribution in [-0.2, 0) is 0 Å². The van der Waals surface area contributed by atoms with Crippen molar-refractivity contribution in [3.63, 3.8) is 0 Å². The highest BCUT2D eigenvalue weighted by molar-refractivity contribution is 6.12. The average molecular weight is 494 g/mol. The van der Waals surface area contributed by atoms with Crippen molar-refractivity contribution in [2.75, 3.05) is 0 Å². The van der Waals surface area contributed by atoms with E-state index in [-0.39, 0.29) is 0 Å². The number of benzene rings is 3. The molecule has 0 spiro atoms. The Morgan fingerprint density at radius 1 is 0.658 bits per heavy atom. The Balaban J connectivity index is 1.33. The van der Waals surface area contributed by atoms with E-state index in [9.17, 15) is 0 Å². The number of para-hydroxylation sites is 1. The molecule has 182 valence electrons. The number of hydrogen-bond donors (Lipinski definition) is 0. The minimum atomic E-state index is 0.753. The predicted molar refractivity (Wildman–Crippen MR) is 152 cm³/mol. The molecule has 0 aliphatic rings. The minimum Gasteiger partial charge on any atom is -0.457 e. The number of aromatic nitrogens is 5. The second-order valence-corrected chi connectivity index (χ2v) is 9.92. The van der Waals surface area contributed by atoms with Crippen LogP contribution in [0, 0.1) is 20.8 Å². The summed E-state index contributed by atoms with van der Waals surface area (Å²) in [4.78, 5) is 14.5. The molecule has 8 aromatic rings. The lowest BCUT2D eigenvalue weighted by Gasteiger charge is -2.12. The second-order valence-electron chi connectivity index (χ2n) is 9.92. The number of fused-ring (bicyclic) bond motifs is 12. The Kier molecular flexibility index (Phi) is 4.19. The van der Waals surface area contributed by atoms with Crippen LogP contribution in [0.25, 0.3) is 54.8 Å². The maximum Gasteiger partial charge on any atom is 0.145 e. The van der Waals surface area contributed by atoms with Crippen LogP contribution in [0.2, 0.25) is 0 Å². The summed E-state index contributed by atoms with van der Waals surface area (Å²) in [5.74, 6) is 1.52. The summed E-state index contributed by atoms with van der Waals surface area (Å²) >= 11 is 0. The van der Waals surface area contributed by atoms with Gasteiger partial charge < -0.3 is 4.74 Å². The van der Waals surface area contributed by atoms with Crippen molar-refractivity contribution in [1.82, 2.24) is 23.8 Å². The Morgan fingerprint density at radius 2 is 1.39 bits per heavy atom. The van der Waals surface area contributed by atoms with E-state index in [0.29, 0.717) is 0 Å². The highest BCUT2D eigenvalue weighted by Gasteiger charge is 2.16. The number of pyridine rings is 3. The Morgan fingerprint density at radius 3 is 2.24 bits per heavy atom. The normalized spacial score (nSPS) is 12.1. The summed E-state index contributed by atoms with van der Waals surface area (Å²) in [5.41, 5.74) is 8.12. The van der Waals surface area contributed by atoms with Gasteiger partial charge in [-0.05, 0) is 80.8 Å². The lowest BCUT2D eigenvalue weighted by Crippen LogP contribution is -1.95. The highest BCUT2D eigenvalue weighted by atomic mass is 16.5. The minimum absolute atomic E-state index is 0.753. The van der Waals surface area contributed by atoms with Crippen molar-refractivity contribution in [2.24, 2.45) is 0 Å². The van der Waals surface area contributed by atoms with Crippen LogP contribution in [0.4, 0.5) is 0 Å². The molecular formula is C32H23N5O. The van der Waals surface area contributed by atoms with E-state index < -0.39 is 0 Å². The van der Waals surface area contributed by atoms with Crippen molar-refractivity contribution >= 4 is 54.8 Å². The zero-order chi connectivity index (χ0) is 25.5. The van der Waals surface area contributed by atoms with Crippen molar-refractivity contribution < 1.29 is 4.74 Å². The van der Waals surface area contributed by atoms with Gasteiger partial charge in [0.05, 0.1) is 27.9 Å². The zero-order valence-corrected chi connectivity index (χ0v) is 21.2. The van der Waals surface area contributed by atoms with Gasteiger partial charge in [0.15, 0.2) is 0 Å². The first-order valence-corrected chi connectivity index (χ1v) is 12.7. The van der Waals surface area contributed by atoms with Gasteiger partial charge in [0, 0.05) is 39.6 Å². The van der Waals surface area contributed by atoms with E-state index in [0.717, 1.165) is 78.0 Å². The third kappa shape index (κ3) is 2.85. The molecule has 0 N–H and O–H groups in total. The molecule has 0 fully saturated rings. The maximum atomic E-state index is 6.47. The van der Waals surface area contributed by atoms with Crippen LogP contribution < -0.4 is 4.74 Å². The van der Waals surface area contributed by atoms with E-state index in [4.69, 9.17) is 19.7 Å². The van der Waals surface area contributed by atoms with Crippen LogP contribution in [0.1, 0.15) is 17.1 Å². The molecule has 5 aromatic heterocycles. The number of imidazole rings is 2. The van der Waals surface area contributed by atoms with E-state index in [1.807, 2.05) is 38.2 Å². The smallest absolute Gasteiger partial charge is 0.145 e. The van der Waals surface area contributed by atoms with Gasteiger partial charge in [0.2, 0.25) is 0 Å². The van der Waals surface area contributed by atoms with Crippen LogP contribution in [0.5, 0.6) is 11.5 Å².